The topological polar surface area (TPSA) is 177 Å². The number of piperazine rings is 1. The van der Waals surface area contributed by atoms with Gasteiger partial charge in [0.15, 0.2) is 17.3 Å². The van der Waals surface area contributed by atoms with Gasteiger partial charge in [0, 0.05) is 94.9 Å². The molecule has 19 heteroatoms. The van der Waals surface area contributed by atoms with Crippen LogP contribution in [0.4, 0.5) is 38.0 Å². The number of anilines is 5. The van der Waals surface area contributed by atoms with Gasteiger partial charge in [0.25, 0.3) is 11.1 Å². The molecular weight excluding hydrogens is 796 g/mol. The van der Waals surface area contributed by atoms with E-state index in [1.165, 1.54) is 32.6 Å². The van der Waals surface area contributed by atoms with Crippen LogP contribution >= 0.6 is 0 Å². The van der Waals surface area contributed by atoms with E-state index in [4.69, 9.17) is 4.98 Å². The van der Waals surface area contributed by atoms with E-state index in [1.807, 2.05) is 32.0 Å². The number of urea groups is 1. The van der Waals surface area contributed by atoms with Crippen molar-refractivity contribution in [1.29, 1.82) is 0 Å². The number of piperidine rings is 1. The Morgan fingerprint density at radius 1 is 0.919 bits per heavy atom. The van der Waals surface area contributed by atoms with E-state index in [-0.39, 0.29) is 48.4 Å². The minimum atomic E-state index is -0.545. The molecule has 322 valence electrons. The Balaban J connectivity index is 0.799. The summed E-state index contributed by atoms with van der Waals surface area (Å²) in [5.74, 6) is 0.872. The molecule has 4 aromatic heterocycles. The van der Waals surface area contributed by atoms with E-state index in [9.17, 15) is 19.2 Å². The molecule has 3 aliphatic rings. The fourth-order valence-corrected chi connectivity index (χ4v) is 8.76. The summed E-state index contributed by atoms with van der Waals surface area (Å²) in [5.41, 5.74) is 3.00. The van der Waals surface area contributed by atoms with Gasteiger partial charge in [-0.3, -0.25) is 34.2 Å². The number of hydrogen-bond donors (Lipinski definition) is 2. The third-order valence-electron chi connectivity index (χ3n) is 12.0. The maximum absolute atomic E-state index is 15.7. The SMILES string of the molecule is C=CCn1c(=O)c2cnc(Nc3ccc(N4CCN(CC5CCN(c6cc7c(cc6F)c(N6CCC(=O)NC6=O)nn7C)CC5)CC4)cc3)nc2n1-c1ccc(=O)n(C(C)C)n1. The van der Waals surface area contributed by atoms with Crippen molar-refractivity contribution in [2.45, 2.75) is 45.7 Å². The largest absolute Gasteiger partial charge is 0.369 e. The van der Waals surface area contributed by atoms with Crippen LogP contribution in [0.5, 0.6) is 0 Å². The number of carbonyl (C=O) groups excluding carboxylic acids is 2. The summed E-state index contributed by atoms with van der Waals surface area (Å²) in [4.78, 5) is 67.6. The summed E-state index contributed by atoms with van der Waals surface area (Å²) in [7, 11) is 1.78. The average molecular weight is 845 g/mol. The van der Waals surface area contributed by atoms with Gasteiger partial charge >= 0.3 is 6.03 Å². The summed E-state index contributed by atoms with van der Waals surface area (Å²) >= 11 is 0. The number of carbonyl (C=O) groups is 2. The van der Waals surface area contributed by atoms with Crippen molar-refractivity contribution in [2.24, 2.45) is 13.0 Å². The van der Waals surface area contributed by atoms with Crippen molar-refractivity contribution in [2.75, 3.05) is 72.4 Å². The average Bonchev–Trinajstić information content (AvgIpc) is 3.72. The summed E-state index contributed by atoms with van der Waals surface area (Å²) in [5, 5.41) is 15.5. The predicted octanol–water partition coefficient (Wildman–Crippen LogP) is 4.16. The number of allylic oxidation sites excluding steroid dienone is 1. The van der Waals surface area contributed by atoms with Gasteiger partial charge in [-0.05, 0) is 75.1 Å². The summed E-state index contributed by atoms with van der Waals surface area (Å²) in [6, 6.07) is 13.7. The molecule has 0 saturated carbocycles. The van der Waals surface area contributed by atoms with Crippen LogP contribution in [0.3, 0.4) is 0 Å². The Labute approximate surface area is 355 Å². The van der Waals surface area contributed by atoms with Crippen LogP contribution in [-0.4, -0.2) is 108 Å². The second kappa shape index (κ2) is 16.5. The molecule has 7 heterocycles. The summed E-state index contributed by atoms with van der Waals surface area (Å²) in [6.07, 6.45) is 5.21. The van der Waals surface area contributed by atoms with E-state index >= 15 is 4.39 Å². The first-order valence-corrected chi connectivity index (χ1v) is 21.0. The van der Waals surface area contributed by atoms with E-state index in [0.29, 0.717) is 45.6 Å². The number of hydrogen-bond acceptors (Lipinski definition) is 12. The smallest absolute Gasteiger partial charge is 0.329 e. The van der Waals surface area contributed by atoms with Crippen molar-refractivity contribution in [1.82, 2.24) is 49.1 Å². The zero-order valence-corrected chi connectivity index (χ0v) is 35.0. The Hall–Kier alpha value is -6.89. The van der Waals surface area contributed by atoms with Crippen molar-refractivity contribution in [3.8, 4) is 5.82 Å². The standard InChI is InChI=1S/C43H49FN14O4/c1-5-15-56-41(61)32-25-45-42(48-39(32)58(56)36-10-11-38(60)57(49-36)27(2)3)46-29-6-8-30(9-7-29)53-21-19-52(20-22-53)26-28-12-16-54(17-13-28)35-24-34-31(23-33(35)44)40(50-51(34)4)55-18-14-37(59)47-43(55)62/h5-11,23-25,27-28H,1,12-22,26H2,2-4H3,(H,45,46,48)(H,47,59,62). The third kappa shape index (κ3) is 7.67. The maximum atomic E-state index is 15.7. The number of nitrogens with one attached hydrogen (secondary N) is 2. The first-order valence-electron chi connectivity index (χ1n) is 21.0. The van der Waals surface area contributed by atoms with Gasteiger partial charge in [-0.25, -0.2) is 28.2 Å². The summed E-state index contributed by atoms with van der Waals surface area (Å²) < 4.78 is 21.8. The molecule has 0 spiro atoms. The zero-order chi connectivity index (χ0) is 43.2. The van der Waals surface area contributed by atoms with E-state index in [1.54, 1.807) is 28.6 Å². The Kier molecular flexibility index (Phi) is 10.8. The van der Waals surface area contributed by atoms with Crippen LogP contribution in [0.15, 0.2) is 77.0 Å². The molecule has 2 N–H and O–H groups in total. The molecule has 3 fully saturated rings. The molecule has 0 atom stereocenters. The van der Waals surface area contributed by atoms with Gasteiger partial charge in [0.05, 0.1) is 23.8 Å². The van der Waals surface area contributed by atoms with Crippen molar-refractivity contribution >= 4 is 62.7 Å². The molecule has 6 aromatic rings. The Morgan fingerprint density at radius 2 is 1.68 bits per heavy atom. The highest BCUT2D eigenvalue weighted by atomic mass is 19.1. The lowest BCUT2D eigenvalue weighted by atomic mass is 9.95. The minimum Gasteiger partial charge on any atom is -0.369 e. The number of benzene rings is 2. The molecule has 3 saturated heterocycles. The molecule has 3 aliphatic heterocycles. The summed E-state index contributed by atoms with van der Waals surface area (Å²) in [6.45, 7) is 14.2. The molecule has 0 bridgehead atoms. The van der Waals surface area contributed by atoms with Crippen LogP contribution < -0.4 is 36.5 Å². The quantitative estimate of drug-likeness (QED) is 0.179. The molecule has 3 amide bonds. The van der Waals surface area contributed by atoms with Crippen LogP contribution in [0, 0.1) is 11.7 Å². The van der Waals surface area contributed by atoms with Crippen molar-refractivity contribution < 1.29 is 14.0 Å². The first-order chi connectivity index (χ1) is 29.9. The van der Waals surface area contributed by atoms with Gasteiger partial charge in [-0.1, -0.05) is 6.08 Å². The second-order valence-corrected chi connectivity index (χ2v) is 16.4. The predicted molar refractivity (Wildman–Crippen MR) is 235 cm³/mol. The van der Waals surface area contributed by atoms with Crippen LogP contribution in [0.2, 0.25) is 0 Å². The minimum absolute atomic E-state index is 0.167. The highest BCUT2D eigenvalue weighted by Crippen LogP contribution is 2.34. The number of imide groups is 1. The van der Waals surface area contributed by atoms with E-state index < -0.39 is 6.03 Å². The van der Waals surface area contributed by atoms with Gasteiger partial charge in [-0.15, -0.1) is 11.7 Å². The fourth-order valence-electron chi connectivity index (χ4n) is 8.76. The molecular formula is C43H49FN14O4. The molecule has 0 unspecified atom stereocenters. The first kappa shape index (κ1) is 40.5. The maximum Gasteiger partial charge on any atom is 0.329 e. The highest BCUT2D eigenvalue weighted by Gasteiger charge is 2.30. The highest BCUT2D eigenvalue weighted by molar-refractivity contribution is 6.09. The number of rotatable bonds is 11. The third-order valence-corrected chi connectivity index (χ3v) is 12.0. The number of amides is 3. The molecule has 18 nitrogen and oxygen atoms in total. The number of aryl methyl sites for hydroxylation is 1. The number of nitrogens with zero attached hydrogens (tertiary/aromatic N) is 12. The molecule has 2 aromatic carbocycles. The van der Waals surface area contributed by atoms with Gasteiger partial charge < -0.3 is 15.1 Å². The van der Waals surface area contributed by atoms with Crippen LogP contribution in [0.1, 0.15) is 39.2 Å². The number of fused-ring (bicyclic) bond motifs is 2. The second-order valence-electron chi connectivity index (χ2n) is 16.4. The Morgan fingerprint density at radius 3 is 2.39 bits per heavy atom. The van der Waals surface area contributed by atoms with Crippen molar-refractivity contribution in [3.63, 3.8) is 0 Å². The van der Waals surface area contributed by atoms with Gasteiger partial charge in [0.1, 0.15) is 11.2 Å². The number of halogens is 1. The normalized spacial score (nSPS) is 16.8. The van der Waals surface area contributed by atoms with Gasteiger partial charge in [0.2, 0.25) is 11.9 Å². The molecule has 0 radical (unpaired) electrons. The fraction of sp³-hybridized carbons (Fsp3) is 0.395. The lowest BCUT2D eigenvalue weighted by Crippen LogP contribution is -2.49. The molecule has 9 rings (SSSR count). The van der Waals surface area contributed by atoms with E-state index in [2.05, 4.69) is 59.2 Å². The lowest BCUT2D eigenvalue weighted by Gasteiger charge is -2.40. The van der Waals surface area contributed by atoms with Gasteiger partial charge in [-0.2, -0.15) is 10.1 Å². The van der Waals surface area contributed by atoms with E-state index in [0.717, 1.165) is 75.5 Å². The number of aromatic nitrogens is 8. The lowest BCUT2D eigenvalue weighted by molar-refractivity contribution is -0.120. The molecule has 0 aliphatic carbocycles. The molecule has 62 heavy (non-hydrogen) atoms. The van der Waals surface area contributed by atoms with Crippen molar-refractivity contribution in [3.05, 3.63) is 93.9 Å². The monoisotopic (exact) mass is 844 g/mol. The van der Waals surface area contributed by atoms with Crippen LogP contribution in [-0.2, 0) is 18.4 Å². The Bertz CT molecular complexity index is 2810. The van der Waals surface area contributed by atoms with Crippen LogP contribution in [0.25, 0.3) is 27.8 Å². The zero-order valence-electron chi connectivity index (χ0n) is 35.0.